The fourth-order valence-corrected chi connectivity index (χ4v) is 3.30. The summed E-state index contributed by atoms with van der Waals surface area (Å²) >= 11 is 0. The van der Waals surface area contributed by atoms with Crippen molar-refractivity contribution < 1.29 is 4.79 Å². The van der Waals surface area contributed by atoms with E-state index in [4.69, 9.17) is 5.73 Å². The van der Waals surface area contributed by atoms with Gasteiger partial charge in [-0.1, -0.05) is 12.8 Å². The molecule has 0 spiro atoms. The number of nitrogens with one attached hydrogen (secondary N) is 1. The maximum Gasteiger partial charge on any atom is 0.268 e. The monoisotopic (exact) mass is 290 g/mol. The summed E-state index contributed by atoms with van der Waals surface area (Å²) in [7, 11) is 2.16. The van der Waals surface area contributed by atoms with Crippen molar-refractivity contribution in [1.29, 1.82) is 0 Å². The van der Waals surface area contributed by atoms with Gasteiger partial charge in [0.25, 0.3) is 5.91 Å². The smallest absolute Gasteiger partial charge is 0.268 e. The molecule has 0 aliphatic heterocycles. The molecule has 0 saturated heterocycles. The van der Waals surface area contributed by atoms with Gasteiger partial charge in [0.2, 0.25) is 0 Å². The summed E-state index contributed by atoms with van der Waals surface area (Å²) in [4.78, 5) is 14.7. The Labute approximate surface area is 126 Å². The van der Waals surface area contributed by atoms with E-state index in [0.29, 0.717) is 30.0 Å². The quantitative estimate of drug-likeness (QED) is 0.842. The molecule has 0 radical (unpaired) electrons. The first kappa shape index (κ1) is 14.4. The number of carbonyl (C=O) groups excluding carboxylic acids is 1. The SMILES string of the molecule is CN(CCNC(=O)c1cc(N)cn1C1CC1)C1CCCC1. The largest absolute Gasteiger partial charge is 0.397 e. The number of nitrogens with zero attached hydrogens (tertiary/aromatic N) is 2. The van der Waals surface area contributed by atoms with Gasteiger partial charge in [-0.05, 0) is 38.8 Å². The van der Waals surface area contributed by atoms with Crippen LogP contribution in [0.1, 0.15) is 55.1 Å². The minimum atomic E-state index is -0.00146. The molecular weight excluding hydrogens is 264 g/mol. The Morgan fingerprint density at radius 3 is 2.76 bits per heavy atom. The lowest BCUT2D eigenvalue weighted by Gasteiger charge is -2.23. The van der Waals surface area contributed by atoms with E-state index in [1.54, 1.807) is 6.07 Å². The van der Waals surface area contributed by atoms with Crippen LogP contribution < -0.4 is 11.1 Å². The molecule has 3 rings (SSSR count). The molecule has 0 unspecified atom stereocenters. The van der Waals surface area contributed by atoms with Gasteiger partial charge in [0.05, 0.1) is 5.69 Å². The van der Waals surface area contributed by atoms with Crippen molar-refractivity contribution in [2.45, 2.75) is 50.6 Å². The molecule has 1 heterocycles. The van der Waals surface area contributed by atoms with Crippen molar-refractivity contribution in [3.05, 3.63) is 18.0 Å². The van der Waals surface area contributed by atoms with Crippen LogP contribution in [0.25, 0.3) is 0 Å². The Bertz CT molecular complexity index is 500. The number of nitrogen functional groups attached to an aromatic ring is 1. The highest BCUT2D eigenvalue weighted by Crippen LogP contribution is 2.37. The molecule has 1 aromatic heterocycles. The second-order valence-corrected chi connectivity index (χ2v) is 6.47. The van der Waals surface area contributed by atoms with Crippen molar-refractivity contribution in [3.63, 3.8) is 0 Å². The topological polar surface area (TPSA) is 63.3 Å². The molecule has 5 heteroatoms. The van der Waals surface area contributed by atoms with Crippen molar-refractivity contribution in [1.82, 2.24) is 14.8 Å². The third-order valence-electron chi connectivity index (χ3n) is 4.74. The minimum absolute atomic E-state index is 0.00146. The Morgan fingerprint density at radius 2 is 2.10 bits per heavy atom. The molecule has 0 atom stereocenters. The van der Waals surface area contributed by atoms with Gasteiger partial charge in [0.15, 0.2) is 0 Å². The first-order valence-electron chi connectivity index (χ1n) is 8.11. The van der Waals surface area contributed by atoms with Crippen LogP contribution in [0, 0.1) is 0 Å². The summed E-state index contributed by atoms with van der Waals surface area (Å²) in [5.74, 6) is -0.00146. The Balaban J connectivity index is 1.50. The number of nitrogens with two attached hydrogens (primary N) is 1. The van der Waals surface area contributed by atoms with Crippen LogP contribution in [-0.4, -0.2) is 41.6 Å². The van der Waals surface area contributed by atoms with Gasteiger partial charge >= 0.3 is 0 Å². The molecule has 1 aromatic rings. The van der Waals surface area contributed by atoms with Gasteiger partial charge in [-0.15, -0.1) is 0 Å². The van der Waals surface area contributed by atoms with E-state index < -0.39 is 0 Å². The first-order chi connectivity index (χ1) is 10.1. The number of hydrogen-bond donors (Lipinski definition) is 2. The van der Waals surface area contributed by atoms with Crippen molar-refractivity contribution >= 4 is 11.6 Å². The highest BCUT2D eigenvalue weighted by atomic mass is 16.1. The van der Waals surface area contributed by atoms with Crippen molar-refractivity contribution in [2.75, 3.05) is 25.9 Å². The number of aromatic nitrogens is 1. The van der Waals surface area contributed by atoms with E-state index in [9.17, 15) is 4.79 Å². The third-order valence-corrected chi connectivity index (χ3v) is 4.74. The molecule has 116 valence electrons. The van der Waals surface area contributed by atoms with E-state index in [1.165, 1.54) is 25.7 Å². The normalized spacial score (nSPS) is 19.3. The van der Waals surface area contributed by atoms with E-state index in [1.807, 2.05) is 10.8 Å². The van der Waals surface area contributed by atoms with Gasteiger partial charge in [-0.3, -0.25) is 4.79 Å². The minimum Gasteiger partial charge on any atom is -0.397 e. The Hall–Kier alpha value is -1.49. The number of hydrogen-bond acceptors (Lipinski definition) is 3. The molecule has 0 aromatic carbocycles. The molecule has 21 heavy (non-hydrogen) atoms. The molecular formula is C16H26N4O. The summed E-state index contributed by atoms with van der Waals surface area (Å²) in [6, 6.07) is 2.96. The maximum absolute atomic E-state index is 12.3. The fraction of sp³-hybridized carbons (Fsp3) is 0.688. The highest BCUT2D eigenvalue weighted by molar-refractivity contribution is 5.93. The second-order valence-electron chi connectivity index (χ2n) is 6.47. The number of amides is 1. The van der Waals surface area contributed by atoms with Crippen LogP contribution >= 0.6 is 0 Å². The number of carbonyl (C=O) groups is 1. The fourth-order valence-electron chi connectivity index (χ4n) is 3.30. The van der Waals surface area contributed by atoms with Crippen LogP contribution in [0.2, 0.25) is 0 Å². The Morgan fingerprint density at radius 1 is 1.38 bits per heavy atom. The molecule has 3 N–H and O–H groups in total. The predicted molar refractivity (Wildman–Crippen MR) is 84.3 cm³/mol. The summed E-state index contributed by atoms with van der Waals surface area (Å²) < 4.78 is 2.03. The van der Waals surface area contributed by atoms with Crippen LogP contribution in [0.4, 0.5) is 5.69 Å². The lowest BCUT2D eigenvalue weighted by molar-refractivity contribution is 0.0937. The average Bonchev–Trinajstić information content (AvgIpc) is 3.00. The molecule has 1 amide bonds. The first-order valence-corrected chi connectivity index (χ1v) is 8.11. The summed E-state index contributed by atoms with van der Waals surface area (Å²) in [5, 5.41) is 3.03. The van der Waals surface area contributed by atoms with Gasteiger partial charge in [0.1, 0.15) is 5.69 Å². The molecule has 5 nitrogen and oxygen atoms in total. The average molecular weight is 290 g/mol. The van der Waals surface area contributed by atoms with Gasteiger partial charge in [-0.2, -0.15) is 0 Å². The summed E-state index contributed by atoms with van der Waals surface area (Å²) in [5.41, 5.74) is 7.22. The number of anilines is 1. The molecule has 2 aliphatic rings. The third kappa shape index (κ3) is 3.40. The predicted octanol–water partition coefficient (Wildman–Crippen LogP) is 2.01. The lowest BCUT2D eigenvalue weighted by Crippen LogP contribution is -2.37. The van der Waals surface area contributed by atoms with Gasteiger partial charge < -0.3 is 20.5 Å². The zero-order valence-corrected chi connectivity index (χ0v) is 12.8. The van der Waals surface area contributed by atoms with Crippen molar-refractivity contribution in [2.24, 2.45) is 0 Å². The number of likely N-dealkylation sites (N-methyl/N-ethyl adjacent to an activating group) is 1. The number of rotatable bonds is 6. The van der Waals surface area contributed by atoms with E-state index in [-0.39, 0.29) is 5.91 Å². The molecule has 2 fully saturated rings. The van der Waals surface area contributed by atoms with Gasteiger partial charge in [0, 0.05) is 31.4 Å². The summed E-state index contributed by atoms with van der Waals surface area (Å²) in [6.45, 7) is 1.61. The maximum atomic E-state index is 12.3. The molecule has 2 aliphatic carbocycles. The Kier molecular flexibility index (Phi) is 4.19. The highest BCUT2D eigenvalue weighted by Gasteiger charge is 2.27. The zero-order valence-electron chi connectivity index (χ0n) is 12.8. The summed E-state index contributed by atoms with van der Waals surface area (Å²) in [6.07, 6.45) is 9.47. The van der Waals surface area contributed by atoms with E-state index in [2.05, 4.69) is 17.3 Å². The van der Waals surface area contributed by atoms with E-state index >= 15 is 0 Å². The standard InChI is InChI=1S/C16H26N4O/c1-19(13-4-2-3-5-13)9-8-18-16(21)15-10-12(17)11-20(15)14-6-7-14/h10-11,13-14H,2-9,17H2,1H3,(H,18,21). The van der Waals surface area contributed by atoms with Crippen LogP contribution in [-0.2, 0) is 0 Å². The van der Waals surface area contributed by atoms with Crippen molar-refractivity contribution in [3.8, 4) is 0 Å². The van der Waals surface area contributed by atoms with Crippen LogP contribution in [0.15, 0.2) is 12.3 Å². The molecule has 0 bridgehead atoms. The zero-order chi connectivity index (χ0) is 14.8. The second kappa shape index (κ2) is 6.10. The van der Waals surface area contributed by atoms with Gasteiger partial charge in [-0.25, -0.2) is 0 Å². The van der Waals surface area contributed by atoms with Crippen LogP contribution in [0.5, 0.6) is 0 Å². The van der Waals surface area contributed by atoms with E-state index in [0.717, 1.165) is 19.4 Å². The lowest BCUT2D eigenvalue weighted by atomic mass is 10.2. The molecule has 2 saturated carbocycles. The van der Waals surface area contributed by atoms with Crippen LogP contribution in [0.3, 0.4) is 0 Å².